The maximum absolute atomic E-state index is 13.5. The van der Waals surface area contributed by atoms with Gasteiger partial charge >= 0.3 is 5.97 Å². The van der Waals surface area contributed by atoms with Gasteiger partial charge in [-0.2, -0.15) is 0 Å². The average Bonchev–Trinajstić information content (AvgIpc) is 2.75. The molecule has 0 radical (unpaired) electrons. The Hall–Kier alpha value is -3.23. The van der Waals surface area contributed by atoms with Crippen LogP contribution in [-0.4, -0.2) is 21.8 Å². The fourth-order valence-electron chi connectivity index (χ4n) is 2.95. The normalized spacial score (nSPS) is 12.6. The van der Waals surface area contributed by atoms with Crippen molar-refractivity contribution in [2.24, 2.45) is 0 Å². The minimum Gasteiger partial charge on any atom is -0.478 e. The van der Waals surface area contributed by atoms with Crippen LogP contribution in [0.4, 0.5) is 11.4 Å². The van der Waals surface area contributed by atoms with Gasteiger partial charge in [-0.05, 0) is 48.9 Å². The van der Waals surface area contributed by atoms with Gasteiger partial charge in [0.1, 0.15) is 10.6 Å². The van der Waals surface area contributed by atoms with E-state index in [4.69, 9.17) is 21.1 Å². The number of carboxylic acid groups (broad SMARTS) is 1. The molecule has 0 heterocycles. The quantitative estimate of drug-likeness (QED) is 0.252. The Bertz CT molecular complexity index is 1200. The molecular formula is C23H24ClN3O4S. The number of hydrogen-bond acceptors (Lipinski definition) is 5. The van der Waals surface area contributed by atoms with E-state index in [2.05, 4.69) is 10.0 Å². The van der Waals surface area contributed by atoms with Crippen LogP contribution in [0.15, 0.2) is 71.6 Å². The van der Waals surface area contributed by atoms with Crippen molar-refractivity contribution >= 4 is 38.9 Å². The second kappa shape index (κ2) is 10.4. The summed E-state index contributed by atoms with van der Waals surface area (Å²) in [6.45, 7) is 2.60. The first-order valence-corrected chi connectivity index (χ1v) is 11.9. The van der Waals surface area contributed by atoms with Gasteiger partial charge in [0.2, 0.25) is 0 Å². The number of halogens is 1. The molecule has 0 bridgehead atoms. The van der Waals surface area contributed by atoms with E-state index in [1.807, 2.05) is 13.0 Å². The van der Waals surface area contributed by atoms with E-state index in [-0.39, 0.29) is 16.2 Å². The van der Waals surface area contributed by atoms with E-state index in [1.165, 1.54) is 18.2 Å². The summed E-state index contributed by atoms with van der Waals surface area (Å²) in [6, 6.07) is 18.0. The summed E-state index contributed by atoms with van der Waals surface area (Å²) in [4.78, 5) is 11.7. The molecule has 9 heteroatoms. The van der Waals surface area contributed by atoms with Crippen LogP contribution in [-0.2, 0) is 9.92 Å². The van der Waals surface area contributed by atoms with Crippen molar-refractivity contribution in [1.29, 1.82) is 4.78 Å². The number of ether oxygens (including phenoxy) is 1. The molecule has 0 aliphatic carbocycles. The number of hydrogen-bond donors (Lipinski definition) is 4. The summed E-state index contributed by atoms with van der Waals surface area (Å²) in [5.74, 6) is -0.603. The van der Waals surface area contributed by atoms with Crippen molar-refractivity contribution in [3.05, 3.63) is 77.3 Å². The van der Waals surface area contributed by atoms with Crippen LogP contribution < -0.4 is 14.8 Å². The first-order chi connectivity index (χ1) is 15.3. The standard InChI is InChI=1S/C23H24ClN3O4S/c1-2-3-12-26-20-13-16(23(28)29)14-21(22(20)31-19-10-5-4-6-11-19)32(25,30)27-18-9-7-8-17(24)15-18/h4-11,13-15,26H,2-3,12H2,1H3,(H,28,29)(H2,25,27,30). The van der Waals surface area contributed by atoms with Crippen LogP contribution in [0.25, 0.3) is 0 Å². The number of rotatable bonds is 10. The summed E-state index contributed by atoms with van der Waals surface area (Å²) >= 11 is 6.01. The lowest BCUT2D eigenvalue weighted by atomic mass is 10.1. The van der Waals surface area contributed by atoms with Crippen LogP contribution in [0.3, 0.4) is 0 Å². The third-order valence-corrected chi connectivity index (χ3v) is 6.19. The molecule has 0 aliphatic rings. The number of anilines is 2. The fraction of sp³-hybridized carbons (Fsp3) is 0.174. The van der Waals surface area contributed by atoms with E-state index in [9.17, 15) is 14.1 Å². The Morgan fingerprint density at radius 2 is 1.88 bits per heavy atom. The summed E-state index contributed by atoms with van der Waals surface area (Å²) in [6.07, 6.45) is 1.77. The first-order valence-electron chi connectivity index (χ1n) is 10.0. The third-order valence-electron chi connectivity index (χ3n) is 4.51. The molecule has 0 aromatic heterocycles. The molecule has 3 aromatic rings. The Labute approximate surface area is 192 Å². The highest BCUT2D eigenvalue weighted by Gasteiger charge is 2.24. The molecule has 168 valence electrons. The molecule has 3 rings (SSSR count). The van der Waals surface area contributed by atoms with Crippen LogP contribution in [0, 0.1) is 4.78 Å². The minimum atomic E-state index is -3.73. The zero-order valence-electron chi connectivity index (χ0n) is 17.4. The molecule has 3 aromatic carbocycles. The molecule has 0 fully saturated rings. The van der Waals surface area contributed by atoms with E-state index >= 15 is 0 Å². The lowest BCUT2D eigenvalue weighted by Crippen LogP contribution is -2.15. The molecule has 0 spiro atoms. The highest BCUT2D eigenvalue weighted by Crippen LogP contribution is 2.38. The third kappa shape index (κ3) is 5.93. The van der Waals surface area contributed by atoms with Gasteiger partial charge in [-0.25, -0.2) is 13.8 Å². The number of aromatic carboxylic acids is 1. The zero-order valence-corrected chi connectivity index (χ0v) is 19.0. The van der Waals surface area contributed by atoms with Gasteiger partial charge < -0.3 is 15.2 Å². The molecule has 4 N–H and O–H groups in total. The lowest BCUT2D eigenvalue weighted by Gasteiger charge is -2.20. The molecule has 7 nitrogen and oxygen atoms in total. The van der Waals surface area contributed by atoms with Crippen LogP contribution in [0.5, 0.6) is 11.5 Å². The van der Waals surface area contributed by atoms with Crippen molar-refractivity contribution in [1.82, 2.24) is 0 Å². The van der Waals surface area contributed by atoms with Gasteiger partial charge in [-0.1, -0.05) is 49.2 Å². The van der Waals surface area contributed by atoms with Crippen LogP contribution in [0.1, 0.15) is 30.1 Å². The van der Waals surface area contributed by atoms with Crippen LogP contribution >= 0.6 is 11.6 Å². The van der Waals surface area contributed by atoms with Crippen molar-refractivity contribution in [2.45, 2.75) is 24.7 Å². The minimum absolute atomic E-state index is 0.0831. The SMILES string of the molecule is CCCCNc1cc(C(=O)O)cc(S(=N)(=O)Nc2cccc(Cl)c2)c1Oc1ccccc1. The Morgan fingerprint density at radius 1 is 1.12 bits per heavy atom. The summed E-state index contributed by atoms with van der Waals surface area (Å²) in [5.41, 5.74) is 0.613. The highest BCUT2D eigenvalue weighted by atomic mass is 35.5. The summed E-state index contributed by atoms with van der Waals surface area (Å²) in [5, 5.41) is 13.2. The Morgan fingerprint density at radius 3 is 2.53 bits per heavy atom. The zero-order chi connectivity index (χ0) is 23.1. The number of carbonyl (C=O) groups is 1. The smallest absolute Gasteiger partial charge is 0.335 e. The van der Waals surface area contributed by atoms with Crippen molar-refractivity contribution in [3.8, 4) is 11.5 Å². The lowest BCUT2D eigenvalue weighted by molar-refractivity contribution is 0.0696. The van der Waals surface area contributed by atoms with Gasteiger partial charge in [0.05, 0.1) is 11.3 Å². The van der Waals surface area contributed by atoms with E-state index in [0.717, 1.165) is 12.8 Å². The topological polar surface area (TPSA) is 112 Å². The van der Waals surface area contributed by atoms with Crippen molar-refractivity contribution < 1.29 is 18.8 Å². The van der Waals surface area contributed by atoms with Gasteiger partial charge in [0, 0.05) is 17.3 Å². The predicted molar refractivity (Wildman–Crippen MR) is 128 cm³/mol. The molecule has 1 atom stereocenters. The highest BCUT2D eigenvalue weighted by molar-refractivity contribution is 7.93. The maximum Gasteiger partial charge on any atom is 0.335 e. The number of carboxylic acids is 1. The Kier molecular flexibility index (Phi) is 7.61. The molecule has 32 heavy (non-hydrogen) atoms. The summed E-state index contributed by atoms with van der Waals surface area (Å²) < 4.78 is 30.9. The number of benzene rings is 3. The van der Waals surface area contributed by atoms with Gasteiger partial charge in [0.15, 0.2) is 15.7 Å². The molecular weight excluding hydrogens is 450 g/mol. The second-order valence-electron chi connectivity index (χ2n) is 7.02. The summed E-state index contributed by atoms with van der Waals surface area (Å²) in [7, 11) is -3.73. The number of nitrogens with one attached hydrogen (secondary N) is 3. The fourth-order valence-corrected chi connectivity index (χ4v) is 4.42. The monoisotopic (exact) mass is 473 g/mol. The maximum atomic E-state index is 13.5. The molecule has 0 saturated carbocycles. The van der Waals surface area contributed by atoms with Gasteiger partial charge in [0.25, 0.3) is 0 Å². The second-order valence-corrected chi connectivity index (χ2v) is 9.21. The van der Waals surface area contributed by atoms with E-state index < -0.39 is 15.9 Å². The predicted octanol–water partition coefficient (Wildman–Crippen LogP) is 6.48. The van der Waals surface area contributed by atoms with Crippen molar-refractivity contribution in [2.75, 3.05) is 16.6 Å². The van der Waals surface area contributed by atoms with Gasteiger partial charge in [-0.3, -0.25) is 4.72 Å². The molecule has 0 aliphatic heterocycles. The molecule has 0 saturated heterocycles. The Balaban J connectivity index is 2.14. The van der Waals surface area contributed by atoms with Crippen molar-refractivity contribution in [3.63, 3.8) is 0 Å². The van der Waals surface area contributed by atoms with E-state index in [0.29, 0.717) is 28.7 Å². The van der Waals surface area contributed by atoms with Gasteiger partial charge in [-0.15, -0.1) is 0 Å². The van der Waals surface area contributed by atoms with E-state index in [1.54, 1.807) is 42.5 Å². The molecule has 1 unspecified atom stereocenters. The number of para-hydroxylation sites is 1. The average molecular weight is 474 g/mol. The molecule has 0 amide bonds. The van der Waals surface area contributed by atoms with Crippen LogP contribution in [0.2, 0.25) is 5.02 Å². The first kappa shape index (κ1) is 23.4. The largest absolute Gasteiger partial charge is 0.478 e. The number of unbranched alkanes of at least 4 members (excludes halogenated alkanes) is 1.